The van der Waals surface area contributed by atoms with Gasteiger partial charge >= 0.3 is 0 Å². The van der Waals surface area contributed by atoms with E-state index in [9.17, 15) is 4.39 Å². The third kappa shape index (κ3) is 4.06. The fourth-order valence-electron chi connectivity index (χ4n) is 3.93. The first kappa shape index (κ1) is 17.1. The van der Waals surface area contributed by atoms with E-state index in [2.05, 4.69) is 31.2 Å². The second kappa shape index (κ2) is 7.89. The molecule has 0 aliphatic carbocycles. The zero-order valence-corrected chi connectivity index (χ0v) is 15.1. The molecule has 0 saturated carbocycles. The Morgan fingerprint density at radius 3 is 2.65 bits per heavy atom. The molecule has 2 aromatic rings. The number of piperidine rings is 2. The molecule has 2 fully saturated rings. The molecule has 1 aromatic heterocycles. The summed E-state index contributed by atoms with van der Waals surface area (Å²) in [5.74, 6) is 1.71. The van der Waals surface area contributed by atoms with Crippen LogP contribution in [0.3, 0.4) is 0 Å². The second-order valence-electron chi connectivity index (χ2n) is 7.22. The van der Waals surface area contributed by atoms with Crippen LogP contribution in [0.4, 0.5) is 21.7 Å². The minimum atomic E-state index is -0.181. The number of nitrogens with one attached hydrogen (secondary N) is 1. The Balaban J connectivity index is 1.42. The Hall–Kier alpha value is -2.37. The lowest BCUT2D eigenvalue weighted by Gasteiger charge is -2.35. The molecule has 2 saturated heterocycles. The van der Waals surface area contributed by atoms with Crippen molar-refractivity contribution in [3.8, 4) is 0 Å². The van der Waals surface area contributed by atoms with E-state index in [1.165, 1.54) is 25.3 Å². The monoisotopic (exact) mass is 355 g/mol. The highest BCUT2D eigenvalue weighted by Gasteiger charge is 2.21. The van der Waals surface area contributed by atoms with Crippen molar-refractivity contribution >= 4 is 17.3 Å². The Kier molecular flexibility index (Phi) is 5.18. The van der Waals surface area contributed by atoms with Crippen LogP contribution in [0, 0.1) is 5.82 Å². The van der Waals surface area contributed by atoms with Crippen LogP contribution in [-0.4, -0.2) is 42.2 Å². The van der Waals surface area contributed by atoms with Crippen molar-refractivity contribution in [2.75, 3.05) is 41.3 Å². The minimum Gasteiger partial charge on any atom is -0.369 e. The van der Waals surface area contributed by atoms with E-state index in [1.54, 1.807) is 18.5 Å². The molecule has 0 amide bonds. The number of halogens is 1. The normalized spacial score (nSPS) is 20.9. The number of rotatable bonds is 4. The smallest absolute Gasteiger partial charge is 0.134 e. The minimum absolute atomic E-state index is 0.181. The van der Waals surface area contributed by atoms with Crippen LogP contribution in [0.2, 0.25) is 0 Å². The van der Waals surface area contributed by atoms with Crippen molar-refractivity contribution in [3.63, 3.8) is 0 Å². The summed E-state index contributed by atoms with van der Waals surface area (Å²) in [7, 11) is 0. The molecule has 2 aliphatic rings. The predicted octanol–water partition coefficient (Wildman–Crippen LogP) is 3.69. The first-order valence-corrected chi connectivity index (χ1v) is 9.62. The largest absolute Gasteiger partial charge is 0.369 e. The van der Waals surface area contributed by atoms with Crippen LogP contribution in [0.5, 0.6) is 0 Å². The highest BCUT2D eigenvalue weighted by molar-refractivity contribution is 5.51. The molecule has 1 atom stereocenters. The van der Waals surface area contributed by atoms with Crippen molar-refractivity contribution in [1.82, 2.24) is 9.97 Å². The summed E-state index contributed by atoms with van der Waals surface area (Å²) in [5, 5.41) is 3.56. The van der Waals surface area contributed by atoms with Crippen LogP contribution in [0.25, 0.3) is 0 Å². The topological polar surface area (TPSA) is 44.3 Å². The lowest BCUT2D eigenvalue weighted by molar-refractivity contribution is 0.527. The van der Waals surface area contributed by atoms with Gasteiger partial charge in [-0.3, -0.25) is 0 Å². The molecule has 5 nitrogen and oxygen atoms in total. The summed E-state index contributed by atoms with van der Waals surface area (Å²) >= 11 is 0. The standard InChI is InChI=1S/C20H26FN5/c21-16-6-4-8-18(12-16)26-11-5-7-17(14-26)24-19-13-20(23-15-22-19)25-9-2-1-3-10-25/h4,6,8,12-13,15,17H,1-3,5,7,9-11,14H2,(H,22,23,24). The maximum absolute atomic E-state index is 13.5. The van der Waals surface area contributed by atoms with E-state index in [1.807, 2.05) is 6.07 Å². The molecule has 1 aromatic carbocycles. The molecule has 1 N–H and O–H groups in total. The summed E-state index contributed by atoms with van der Waals surface area (Å²) in [6.45, 7) is 3.97. The van der Waals surface area contributed by atoms with E-state index in [0.29, 0.717) is 6.04 Å². The fraction of sp³-hybridized carbons (Fsp3) is 0.500. The van der Waals surface area contributed by atoms with Crippen LogP contribution in [0.1, 0.15) is 32.1 Å². The molecule has 6 heteroatoms. The lowest BCUT2D eigenvalue weighted by atomic mass is 10.0. The Bertz CT molecular complexity index is 732. The third-order valence-electron chi connectivity index (χ3n) is 5.28. The van der Waals surface area contributed by atoms with Gasteiger partial charge in [-0.2, -0.15) is 0 Å². The molecular weight excluding hydrogens is 329 g/mol. The van der Waals surface area contributed by atoms with Crippen molar-refractivity contribution in [2.24, 2.45) is 0 Å². The first-order valence-electron chi connectivity index (χ1n) is 9.62. The molecule has 26 heavy (non-hydrogen) atoms. The number of nitrogens with zero attached hydrogens (tertiary/aromatic N) is 4. The third-order valence-corrected chi connectivity index (χ3v) is 5.28. The number of anilines is 3. The van der Waals surface area contributed by atoms with Gasteiger partial charge in [0.2, 0.25) is 0 Å². The van der Waals surface area contributed by atoms with Crippen molar-refractivity contribution in [3.05, 3.63) is 42.5 Å². The number of aromatic nitrogens is 2. The fourth-order valence-corrected chi connectivity index (χ4v) is 3.93. The summed E-state index contributed by atoms with van der Waals surface area (Å²) in [6.07, 6.45) is 7.60. The summed E-state index contributed by atoms with van der Waals surface area (Å²) in [4.78, 5) is 13.5. The van der Waals surface area contributed by atoms with Crippen LogP contribution < -0.4 is 15.1 Å². The molecule has 0 bridgehead atoms. The molecule has 138 valence electrons. The zero-order chi connectivity index (χ0) is 17.8. The van der Waals surface area contributed by atoms with Gasteiger partial charge in [0, 0.05) is 44.0 Å². The van der Waals surface area contributed by atoms with E-state index in [-0.39, 0.29) is 5.82 Å². The molecule has 1 unspecified atom stereocenters. The maximum Gasteiger partial charge on any atom is 0.134 e. The van der Waals surface area contributed by atoms with Crippen LogP contribution >= 0.6 is 0 Å². The average molecular weight is 355 g/mol. The number of hydrogen-bond acceptors (Lipinski definition) is 5. The van der Waals surface area contributed by atoms with Crippen molar-refractivity contribution < 1.29 is 4.39 Å². The zero-order valence-electron chi connectivity index (χ0n) is 15.1. The molecule has 3 heterocycles. The Morgan fingerprint density at radius 2 is 1.81 bits per heavy atom. The highest BCUT2D eigenvalue weighted by Crippen LogP contribution is 2.24. The average Bonchev–Trinajstić information content (AvgIpc) is 2.69. The molecule has 4 rings (SSSR count). The molecule has 0 radical (unpaired) electrons. The molecular formula is C20H26FN5. The summed E-state index contributed by atoms with van der Waals surface area (Å²) in [6, 6.07) is 9.22. The summed E-state index contributed by atoms with van der Waals surface area (Å²) < 4.78 is 13.5. The second-order valence-corrected chi connectivity index (χ2v) is 7.22. The van der Waals surface area contributed by atoms with Gasteiger partial charge in [0.15, 0.2) is 0 Å². The molecule has 2 aliphatic heterocycles. The van der Waals surface area contributed by atoms with Crippen LogP contribution in [0.15, 0.2) is 36.7 Å². The van der Waals surface area contributed by atoms with E-state index in [4.69, 9.17) is 0 Å². The SMILES string of the molecule is Fc1cccc(N2CCCC(Nc3cc(N4CCCCC4)ncn3)C2)c1. The molecule has 0 spiro atoms. The number of hydrogen-bond donors (Lipinski definition) is 1. The summed E-state index contributed by atoms with van der Waals surface area (Å²) in [5.41, 5.74) is 0.952. The van der Waals surface area contributed by atoms with Crippen molar-refractivity contribution in [1.29, 1.82) is 0 Å². The Labute approximate surface area is 154 Å². The van der Waals surface area contributed by atoms with Gasteiger partial charge in [-0.05, 0) is 50.3 Å². The van der Waals surface area contributed by atoms with E-state index in [0.717, 1.165) is 56.3 Å². The van der Waals surface area contributed by atoms with Gasteiger partial charge < -0.3 is 15.1 Å². The predicted molar refractivity (Wildman–Crippen MR) is 103 cm³/mol. The van der Waals surface area contributed by atoms with Gasteiger partial charge in [0.05, 0.1) is 0 Å². The van der Waals surface area contributed by atoms with Crippen LogP contribution in [-0.2, 0) is 0 Å². The number of benzene rings is 1. The van der Waals surface area contributed by atoms with Gasteiger partial charge in [-0.25, -0.2) is 14.4 Å². The Morgan fingerprint density at radius 1 is 0.962 bits per heavy atom. The highest BCUT2D eigenvalue weighted by atomic mass is 19.1. The first-order chi connectivity index (χ1) is 12.8. The van der Waals surface area contributed by atoms with Gasteiger partial charge in [0.25, 0.3) is 0 Å². The van der Waals surface area contributed by atoms with E-state index < -0.39 is 0 Å². The van der Waals surface area contributed by atoms with Gasteiger partial charge in [0.1, 0.15) is 23.8 Å². The van der Waals surface area contributed by atoms with Crippen molar-refractivity contribution in [2.45, 2.75) is 38.1 Å². The lowest BCUT2D eigenvalue weighted by Crippen LogP contribution is -2.42. The quantitative estimate of drug-likeness (QED) is 0.906. The van der Waals surface area contributed by atoms with Gasteiger partial charge in [-0.15, -0.1) is 0 Å². The van der Waals surface area contributed by atoms with Gasteiger partial charge in [-0.1, -0.05) is 6.07 Å². The van der Waals surface area contributed by atoms with E-state index >= 15 is 0 Å². The maximum atomic E-state index is 13.5.